The van der Waals surface area contributed by atoms with Crippen LogP contribution >= 0.6 is 0 Å². The van der Waals surface area contributed by atoms with Gasteiger partial charge < -0.3 is 19.3 Å². The van der Waals surface area contributed by atoms with Crippen LogP contribution in [0.15, 0.2) is 12.1 Å². The summed E-state index contributed by atoms with van der Waals surface area (Å²) >= 11 is 0. The average Bonchev–Trinajstić information content (AvgIpc) is 2.28. The Hall–Kier alpha value is -2.24. The number of hydrogen-bond donors (Lipinski definition) is 1. The molecule has 1 aliphatic rings. The highest BCUT2D eigenvalue weighted by molar-refractivity contribution is 5.91. The van der Waals surface area contributed by atoms with Gasteiger partial charge in [0.1, 0.15) is 0 Å². The first-order chi connectivity index (χ1) is 7.61. The molecule has 0 radical (unpaired) electrons. The smallest absolute Gasteiger partial charge is 0.349 e. The van der Waals surface area contributed by atoms with Gasteiger partial charge in [-0.3, -0.25) is 0 Å². The number of phenolic OH excluding ortho intramolecular Hbond substituents is 1. The van der Waals surface area contributed by atoms with Gasteiger partial charge in [-0.15, -0.1) is 0 Å². The van der Waals surface area contributed by atoms with Gasteiger partial charge in [-0.05, 0) is 12.1 Å². The summed E-state index contributed by atoms with van der Waals surface area (Å²) in [4.78, 5) is 22.1. The van der Waals surface area contributed by atoms with E-state index >= 15 is 0 Å². The van der Waals surface area contributed by atoms with Gasteiger partial charge in [0.2, 0.25) is 5.75 Å². The van der Waals surface area contributed by atoms with Crippen molar-refractivity contribution in [3.63, 3.8) is 0 Å². The summed E-state index contributed by atoms with van der Waals surface area (Å²) in [6.45, 7) is -0.253. The first-order valence-corrected chi connectivity index (χ1v) is 4.40. The summed E-state index contributed by atoms with van der Waals surface area (Å²) in [6.07, 6.45) is 0. The minimum atomic E-state index is -0.612. The monoisotopic (exact) mass is 224 g/mol. The summed E-state index contributed by atoms with van der Waals surface area (Å²) in [5, 5.41) is 9.53. The SMILES string of the molecule is COC(=O)c1cc(O)c2c(c1)OCC(=O)O2. The van der Waals surface area contributed by atoms with Gasteiger partial charge in [0.05, 0.1) is 12.7 Å². The predicted octanol–water partition coefficient (Wildman–Crippen LogP) is 0.477. The number of esters is 2. The van der Waals surface area contributed by atoms with Gasteiger partial charge >= 0.3 is 11.9 Å². The van der Waals surface area contributed by atoms with Crippen molar-refractivity contribution in [2.45, 2.75) is 0 Å². The molecule has 0 saturated carbocycles. The largest absolute Gasteiger partial charge is 0.504 e. The first-order valence-electron chi connectivity index (χ1n) is 4.40. The molecule has 84 valence electrons. The maximum atomic E-state index is 11.2. The van der Waals surface area contributed by atoms with Crippen molar-refractivity contribution in [2.75, 3.05) is 13.7 Å². The second-order valence-corrected chi connectivity index (χ2v) is 3.08. The predicted molar refractivity (Wildman–Crippen MR) is 50.6 cm³/mol. The molecule has 1 aromatic carbocycles. The highest BCUT2D eigenvalue weighted by atomic mass is 16.6. The van der Waals surface area contributed by atoms with E-state index < -0.39 is 11.9 Å². The summed E-state index contributed by atoms with van der Waals surface area (Å²) in [5.41, 5.74) is 0.122. The molecule has 1 aliphatic heterocycles. The molecule has 0 aliphatic carbocycles. The molecule has 6 heteroatoms. The van der Waals surface area contributed by atoms with Gasteiger partial charge in [-0.2, -0.15) is 0 Å². The maximum absolute atomic E-state index is 11.2. The van der Waals surface area contributed by atoms with Crippen LogP contribution in [-0.4, -0.2) is 30.8 Å². The second-order valence-electron chi connectivity index (χ2n) is 3.08. The molecular formula is C10H8O6. The number of aromatic hydroxyl groups is 1. The molecule has 0 fully saturated rings. The minimum Gasteiger partial charge on any atom is -0.504 e. The van der Waals surface area contributed by atoms with E-state index in [-0.39, 0.29) is 29.4 Å². The Morgan fingerprint density at radius 1 is 1.50 bits per heavy atom. The van der Waals surface area contributed by atoms with E-state index in [1.165, 1.54) is 13.2 Å². The number of fused-ring (bicyclic) bond motifs is 1. The summed E-state index contributed by atoms with van der Waals surface area (Å²) in [5.74, 6) is -1.50. The van der Waals surface area contributed by atoms with Crippen molar-refractivity contribution in [3.05, 3.63) is 17.7 Å². The zero-order chi connectivity index (χ0) is 11.7. The lowest BCUT2D eigenvalue weighted by Gasteiger charge is -2.17. The summed E-state index contributed by atoms with van der Waals surface area (Å²) in [7, 11) is 1.22. The highest BCUT2D eigenvalue weighted by Crippen LogP contribution is 2.39. The Labute approximate surface area is 90.3 Å². The first kappa shape index (κ1) is 10.3. The fraction of sp³-hybridized carbons (Fsp3) is 0.200. The Balaban J connectivity index is 2.46. The van der Waals surface area contributed by atoms with Crippen LogP contribution in [0.2, 0.25) is 0 Å². The number of carbonyl (C=O) groups excluding carboxylic acids is 2. The topological polar surface area (TPSA) is 82.1 Å². The standard InChI is InChI=1S/C10H8O6/c1-14-10(13)5-2-6(11)9-7(3-5)15-4-8(12)16-9/h2-3,11H,4H2,1H3. The third-order valence-corrected chi connectivity index (χ3v) is 2.02. The van der Waals surface area contributed by atoms with Crippen LogP contribution in [0.4, 0.5) is 0 Å². The van der Waals surface area contributed by atoms with Gasteiger partial charge in [-0.25, -0.2) is 9.59 Å². The van der Waals surface area contributed by atoms with Crippen molar-refractivity contribution in [1.29, 1.82) is 0 Å². The summed E-state index contributed by atoms with van der Waals surface area (Å²) < 4.78 is 14.3. The minimum absolute atomic E-state index is 0.0797. The number of methoxy groups -OCH3 is 1. The molecule has 0 atom stereocenters. The number of ether oxygens (including phenoxy) is 3. The molecule has 6 nitrogen and oxygen atoms in total. The lowest BCUT2D eigenvalue weighted by atomic mass is 10.2. The fourth-order valence-corrected chi connectivity index (χ4v) is 1.31. The second kappa shape index (κ2) is 3.73. The zero-order valence-corrected chi connectivity index (χ0v) is 8.35. The third-order valence-electron chi connectivity index (χ3n) is 2.02. The molecule has 0 saturated heterocycles. The van der Waals surface area contributed by atoms with E-state index in [2.05, 4.69) is 4.74 Å². The molecule has 1 N–H and O–H groups in total. The van der Waals surface area contributed by atoms with Gasteiger partial charge in [0.15, 0.2) is 18.1 Å². The molecule has 16 heavy (non-hydrogen) atoms. The molecule has 0 spiro atoms. The molecule has 0 unspecified atom stereocenters. The molecule has 0 aromatic heterocycles. The zero-order valence-electron chi connectivity index (χ0n) is 8.35. The third kappa shape index (κ3) is 1.65. The normalized spacial score (nSPS) is 13.4. The lowest BCUT2D eigenvalue weighted by Crippen LogP contribution is -2.23. The molecule has 0 bridgehead atoms. The molecular weight excluding hydrogens is 216 g/mol. The van der Waals surface area contributed by atoms with E-state index in [1.54, 1.807) is 0 Å². The van der Waals surface area contributed by atoms with E-state index in [9.17, 15) is 14.7 Å². The number of benzene rings is 1. The quantitative estimate of drug-likeness (QED) is 0.551. The van der Waals surface area contributed by atoms with Crippen LogP contribution in [0.5, 0.6) is 17.2 Å². The average molecular weight is 224 g/mol. The van der Waals surface area contributed by atoms with Crippen LogP contribution in [0.25, 0.3) is 0 Å². The van der Waals surface area contributed by atoms with Crippen molar-refractivity contribution in [3.8, 4) is 17.2 Å². The Morgan fingerprint density at radius 3 is 2.94 bits per heavy atom. The van der Waals surface area contributed by atoms with E-state index in [1.807, 2.05) is 0 Å². The van der Waals surface area contributed by atoms with Crippen molar-refractivity contribution in [2.24, 2.45) is 0 Å². The molecule has 1 heterocycles. The maximum Gasteiger partial charge on any atom is 0.349 e. The lowest BCUT2D eigenvalue weighted by molar-refractivity contribution is -0.138. The molecule has 2 rings (SSSR count). The van der Waals surface area contributed by atoms with Crippen molar-refractivity contribution >= 4 is 11.9 Å². The highest BCUT2D eigenvalue weighted by Gasteiger charge is 2.24. The van der Waals surface area contributed by atoms with E-state index in [4.69, 9.17) is 9.47 Å². The van der Waals surface area contributed by atoms with Crippen LogP contribution in [0, 0.1) is 0 Å². The number of rotatable bonds is 1. The molecule has 1 aromatic rings. The van der Waals surface area contributed by atoms with E-state index in [0.717, 1.165) is 6.07 Å². The fourth-order valence-electron chi connectivity index (χ4n) is 1.31. The van der Waals surface area contributed by atoms with Crippen LogP contribution < -0.4 is 9.47 Å². The Morgan fingerprint density at radius 2 is 2.25 bits per heavy atom. The summed E-state index contributed by atoms with van der Waals surface area (Å²) in [6, 6.07) is 2.49. The van der Waals surface area contributed by atoms with E-state index in [0.29, 0.717) is 0 Å². The Kier molecular flexibility index (Phi) is 2.40. The van der Waals surface area contributed by atoms with Gasteiger partial charge in [0.25, 0.3) is 0 Å². The number of phenols is 1. The van der Waals surface area contributed by atoms with Crippen LogP contribution in [0.3, 0.4) is 0 Å². The van der Waals surface area contributed by atoms with Crippen LogP contribution in [0.1, 0.15) is 10.4 Å². The molecule has 0 amide bonds. The van der Waals surface area contributed by atoms with Crippen LogP contribution in [-0.2, 0) is 9.53 Å². The van der Waals surface area contributed by atoms with Gasteiger partial charge in [0, 0.05) is 0 Å². The number of carbonyl (C=O) groups is 2. The number of hydrogen-bond acceptors (Lipinski definition) is 6. The van der Waals surface area contributed by atoms with Gasteiger partial charge in [-0.1, -0.05) is 0 Å². The Bertz CT molecular complexity index is 465. The van der Waals surface area contributed by atoms with Crippen molar-refractivity contribution in [1.82, 2.24) is 0 Å². The van der Waals surface area contributed by atoms with Crippen molar-refractivity contribution < 1.29 is 28.9 Å².